The minimum absolute atomic E-state index is 0.0677. The number of ketones is 1. The third-order valence-corrected chi connectivity index (χ3v) is 6.40. The Morgan fingerprint density at radius 2 is 1.97 bits per heavy atom. The lowest BCUT2D eigenvalue weighted by molar-refractivity contribution is 0.101. The van der Waals surface area contributed by atoms with Crippen molar-refractivity contribution in [3.05, 3.63) is 92.1 Å². The van der Waals surface area contributed by atoms with E-state index >= 15 is 0 Å². The van der Waals surface area contributed by atoms with Crippen molar-refractivity contribution in [1.29, 1.82) is 5.41 Å². The topological polar surface area (TPSA) is 56.2 Å². The predicted molar refractivity (Wildman–Crippen MR) is 150 cm³/mol. The summed E-state index contributed by atoms with van der Waals surface area (Å²) in [5.41, 5.74) is 7.01. The molecule has 1 aliphatic rings. The Morgan fingerprint density at radius 3 is 2.53 bits per heavy atom. The van der Waals surface area contributed by atoms with Gasteiger partial charge in [-0.25, -0.2) is 4.39 Å². The van der Waals surface area contributed by atoms with Crippen LogP contribution in [0.4, 0.5) is 4.39 Å². The summed E-state index contributed by atoms with van der Waals surface area (Å²) in [6.45, 7) is 10.5. The molecule has 6 heteroatoms. The molecule has 2 N–H and O–H groups in total. The Hall–Kier alpha value is -2.92. The summed E-state index contributed by atoms with van der Waals surface area (Å²) in [4.78, 5) is 13.7. The lowest BCUT2D eigenvalue weighted by atomic mass is 9.96. The molecule has 0 aromatic heterocycles. The number of nitrogens with zero attached hydrogens (tertiary/aromatic N) is 1. The first-order valence-corrected chi connectivity index (χ1v) is 13.0. The van der Waals surface area contributed by atoms with Gasteiger partial charge in [0.15, 0.2) is 5.78 Å². The van der Waals surface area contributed by atoms with Crippen molar-refractivity contribution in [3.63, 3.8) is 0 Å². The van der Waals surface area contributed by atoms with Gasteiger partial charge >= 0.3 is 0 Å². The molecule has 0 saturated heterocycles. The fourth-order valence-electron chi connectivity index (χ4n) is 4.43. The monoisotopic (exact) mass is 511 g/mol. The predicted octanol–water partition coefficient (Wildman–Crippen LogP) is 7.78. The zero-order chi connectivity index (χ0) is 26.8. The number of nitrogens with one attached hydrogen (secondary N) is 2. The zero-order valence-electron chi connectivity index (χ0n) is 22.4. The number of halogens is 2. The van der Waals surface area contributed by atoms with Gasteiger partial charge < -0.3 is 15.6 Å². The molecule has 1 aliphatic heterocycles. The van der Waals surface area contributed by atoms with Crippen LogP contribution in [0.15, 0.2) is 75.4 Å². The molecule has 0 unspecified atom stereocenters. The van der Waals surface area contributed by atoms with Crippen molar-refractivity contribution in [3.8, 4) is 0 Å². The summed E-state index contributed by atoms with van der Waals surface area (Å²) in [6, 6.07) is 5.92. The number of benzene rings is 1. The Labute approximate surface area is 220 Å². The molecular formula is C30H39ClFN3O. The molecule has 0 fully saturated rings. The van der Waals surface area contributed by atoms with Crippen molar-refractivity contribution in [1.82, 2.24) is 10.2 Å². The fraction of sp³-hybridized carbons (Fsp3) is 0.400. The second-order valence-corrected chi connectivity index (χ2v) is 9.54. The summed E-state index contributed by atoms with van der Waals surface area (Å²) in [5, 5.41) is 12.2. The molecule has 0 radical (unpaired) electrons. The SMILES string of the molecule is CC\C=C(NCc1ccc(C(C)=O)c(CC)c1)/C(C=N)=C(\C=C(/C)CCC)C1=C(Cl)C=C(F)CN1C. The van der Waals surface area contributed by atoms with Crippen LogP contribution in [0.3, 0.4) is 0 Å². The van der Waals surface area contributed by atoms with Crippen LogP contribution in [0.25, 0.3) is 0 Å². The van der Waals surface area contributed by atoms with Crippen LogP contribution >= 0.6 is 11.6 Å². The number of aryl methyl sites for hydroxylation is 1. The fourth-order valence-corrected chi connectivity index (χ4v) is 4.80. The second-order valence-electron chi connectivity index (χ2n) is 9.14. The summed E-state index contributed by atoms with van der Waals surface area (Å²) in [5.74, 6) is -0.225. The van der Waals surface area contributed by atoms with Crippen LogP contribution in [-0.4, -0.2) is 30.5 Å². The van der Waals surface area contributed by atoms with Crippen LogP contribution in [0.2, 0.25) is 0 Å². The van der Waals surface area contributed by atoms with E-state index in [2.05, 4.69) is 44.3 Å². The summed E-state index contributed by atoms with van der Waals surface area (Å²) >= 11 is 6.57. The molecule has 0 atom stereocenters. The highest BCUT2D eigenvalue weighted by Gasteiger charge is 2.23. The summed E-state index contributed by atoms with van der Waals surface area (Å²) in [6.07, 6.45) is 10.3. The molecule has 1 heterocycles. The van der Waals surface area contributed by atoms with Gasteiger partial charge in [-0.2, -0.15) is 0 Å². The Bertz CT molecular complexity index is 1140. The van der Waals surface area contributed by atoms with Crippen molar-refractivity contribution in [2.75, 3.05) is 13.6 Å². The highest BCUT2D eigenvalue weighted by atomic mass is 35.5. The van der Waals surface area contributed by atoms with Gasteiger partial charge in [0, 0.05) is 42.2 Å². The summed E-state index contributed by atoms with van der Waals surface area (Å²) < 4.78 is 14.1. The van der Waals surface area contributed by atoms with Gasteiger partial charge in [-0.1, -0.05) is 74.7 Å². The smallest absolute Gasteiger partial charge is 0.160 e. The Morgan fingerprint density at radius 1 is 1.25 bits per heavy atom. The largest absolute Gasteiger partial charge is 0.381 e. The maximum Gasteiger partial charge on any atom is 0.160 e. The first-order valence-electron chi connectivity index (χ1n) is 12.6. The van der Waals surface area contributed by atoms with Crippen molar-refractivity contribution >= 4 is 23.6 Å². The standard InChI is InChI=1S/C30H39ClFN3O/c1-7-10-20(4)14-26(30-28(31)16-24(32)19-35(30)6)27(17-33)29(11-8-2)34-18-22-12-13-25(21(5)36)23(9-3)15-22/h11-17,33-34H,7-10,18-19H2,1-6H3/b20-14+,27-26+,29-11+,33-17?. The number of carbonyl (C=O) groups excluding carboxylic acids is 1. The van der Waals surface area contributed by atoms with E-state index in [1.807, 2.05) is 26.1 Å². The Balaban J connectivity index is 2.60. The van der Waals surface area contributed by atoms with Gasteiger partial charge in [0.05, 0.1) is 17.3 Å². The number of Topliss-reactive ketones (excluding diaryl/α,β-unsaturated/α-hetero) is 1. The highest BCUT2D eigenvalue weighted by Crippen LogP contribution is 2.33. The highest BCUT2D eigenvalue weighted by molar-refractivity contribution is 6.32. The van der Waals surface area contributed by atoms with Gasteiger partial charge in [0.2, 0.25) is 0 Å². The molecule has 2 rings (SSSR count). The molecular weight excluding hydrogens is 473 g/mol. The van der Waals surface area contributed by atoms with Gasteiger partial charge in [-0.3, -0.25) is 4.79 Å². The van der Waals surface area contributed by atoms with Crippen LogP contribution in [0.1, 0.15) is 75.4 Å². The molecule has 4 nitrogen and oxygen atoms in total. The molecule has 0 saturated carbocycles. The number of hydrogen-bond donors (Lipinski definition) is 2. The number of allylic oxidation sites excluding steroid dienone is 6. The average molecular weight is 512 g/mol. The first-order chi connectivity index (χ1) is 17.2. The van der Waals surface area contributed by atoms with Gasteiger partial charge in [0.1, 0.15) is 5.83 Å². The Kier molecular flexibility index (Phi) is 11.4. The number of carbonyl (C=O) groups is 1. The van der Waals surface area contributed by atoms with E-state index in [0.29, 0.717) is 22.8 Å². The van der Waals surface area contributed by atoms with E-state index in [1.54, 1.807) is 11.8 Å². The quantitative estimate of drug-likeness (QED) is 0.171. The number of rotatable bonds is 12. The van der Waals surface area contributed by atoms with Crippen molar-refractivity contribution < 1.29 is 9.18 Å². The van der Waals surface area contributed by atoms with E-state index in [1.165, 1.54) is 12.3 Å². The average Bonchev–Trinajstić information content (AvgIpc) is 2.81. The van der Waals surface area contributed by atoms with Gasteiger partial charge in [-0.05, 0) is 50.3 Å². The maximum absolute atomic E-state index is 14.1. The molecule has 0 aliphatic carbocycles. The van der Waals surface area contributed by atoms with E-state index in [0.717, 1.165) is 59.2 Å². The number of hydrogen-bond acceptors (Lipinski definition) is 4. The van der Waals surface area contributed by atoms with Crippen LogP contribution in [0.5, 0.6) is 0 Å². The zero-order valence-corrected chi connectivity index (χ0v) is 23.2. The molecule has 1 aromatic carbocycles. The second kappa shape index (κ2) is 14.0. The lowest BCUT2D eigenvalue weighted by Crippen LogP contribution is -2.26. The van der Waals surface area contributed by atoms with E-state index in [4.69, 9.17) is 17.0 Å². The van der Waals surface area contributed by atoms with Gasteiger partial charge in [0.25, 0.3) is 0 Å². The number of likely N-dealkylation sites (N-methyl/N-ethyl adjacent to an activating group) is 1. The molecule has 0 spiro atoms. The van der Waals surface area contributed by atoms with Crippen LogP contribution < -0.4 is 5.32 Å². The first kappa shape index (κ1) is 29.3. The summed E-state index contributed by atoms with van der Waals surface area (Å²) in [7, 11) is 1.81. The van der Waals surface area contributed by atoms with Crippen molar-refractivity contribution in [2.24, 2.45) is 0 Å². The molecule has 36 heavy (non-hydrogen) atoms. The van der Waals surface area contributed by atoms with E-state index in [9.17, 15) is 9.18 Å². The third kappa shape index (κ3) is 7.54. The van der Waals surface area contributed by atoms with E-state index < -0.39 is 0 Å². The van der Waals surface area contributed by atoms with Crippen LogP contribution in [-0.2, 0) is 13.0 Å². The van der Waals surface area contributed by atoms with Gasteiger partial charge in [-0.15, -0.1) is 0 Å². The minimum atomic E-state index is -0.292. The molecule has 0 bridgehead atoms. The molecule has 1 aromatic rings. The van der Waals surface area contributed by atoms with E-state index in [-0.39, 0.29) is 18.2 Å². The third-order valence-electron chi connectivity index (χ3n) is 6.12. The molecule has 194 valence electrons. The minimum Gasteiger partial charge on any atom is -0.381 e. The normalized spacial score (nSPS) is 15.6. The van der Waals surface area contributed by atoms with Crippen molar-refractivity contribution in [2.45, 2.75) is 66.8 Å². The van der Waals surface area contributed by atoms with Crippen LogP contribution in [0, 0.1) is 5.41 Å². The molecule has 0 amide bonds. The maximum atomic E-state index is 14.1. The lowest BCUT2D eigenvalue weighted by Gasteiger charge is -2.29.